The lowest BCUT2D eigenvalue weighted by molar-refractivity contribution is -0.143. The van der Waals surface area contributed by atoms with Crippen LogP contribution in [-0.4, -0.2) is 26.7 Å². The normalized spacial score (nSPS) is 10.8. The second kappa shape index (κ2) is 11.7. The Hall–Kier alpha value is -3.39. The summed E-state index contributed by atoms with van der Waals surface area (Å²) in [5.74, 6) is -0.358. The fourth-order valence-corrected chi connectivity index (χ4v) is 3.75. The van der Waals surface area contributed by atoms with E-state index in [1.165, 1.54) is 10.1 Å². The number of anilines is 2. The van der Waals surface area contributed by atoms with Gasteiger partial charge in [0.25, 0.3) is 0 Å². The predicted molar refractivity (Wildman–Crippen MR) is 133 cm³/mol. The van der Waals surface area contributed by atoms with E-state index in [1.807, 2.05) is 25.1 Å². The van der Waals surface area contributed by atoms with E-state index in [2.05, 4.69) is 17.2 Å². The van der Waals surface area contributed by atoms with Crippen molar-refractivity contribution in [3.05, 3.63) is 85.1 Å². The van der Waals surface area contributed by atoms with Crippen molar-refractivity contribution in [1.29, 1.82) is 0 Å². The van der Waals surface area contributed by atoms with Gasteiger partial charge in [-0.1, -0.05) is 43.1 Å². The molecule has 0 aliphatic heterocycles. The Morgan fingerprint density at radius 3 is 2.47 bits per heavy atom. The Morgan fingerprint density at radius 2 is 1.82 bits per heavy atom. The van der Waals surface area contributed by atoms with Crippen LogP contribution in [0.5, 0.6) is 0 Å². The molecule has 1 N–H and O–H groups in total. The maximum atomic E-state index is 13.3. The third-order valence-electron chi connectivity index (χ3n) is 5.37. The standard InChI is InChI=1S/C25H29ClN4O4/c1-4-6-19-9-12-21(15-17(19)3)27-23-28-24(32)29(14-13-22(31)34-5-2)25(33)30(23)16-18-7-10-20(26)11-8-18/h7-12,15H,4-6,13-14,16H2,1-3H3,(H,27,28,32). The van der Waals surface area contributed by atoms with Crippen LogP contribution in [0.25, 0.3) is 0 Å². The molecule has 1 heterocycles. The van der Waals surface area contributed by atoms with Gasteiger partial charge in [0.05, 0.1) is 19.6 Å². The Labute approximate surface area is 203 Å². The highest BCUT2D eigenvalue weighted by Crippen LogP contribution is 2.20. The van der Waals surface area contributed by atoms with Gasteiger partial charge in [-0.25, -0.2) is 14.2 Å². The van der Waals surface area contributed by atoms with Crippen LogP contribution in [0.15, 0.2) is 52.1 Å². The zero-order valence-electron chi connectivity index (χ0n) is 19.6. The van der Waals surface area contributed by atoms with Crippen LogP contribution in [0.1, 0.15) is 43.4 Å². The molecular weight excluding hydrogens is 456 g/mol. The van der Waals surface area contributed by atoms with Crippen molar-refractivity contribution in [3.63, 3.8) is 0 Å². The number of hydrogen-bond acceptors (Lipinski definition) is 6. The van der Waals surface area contributed by atoms with Crippen LogP contribution >= 0.6 is 11.6 Å². The van der Waals surface area contributed by atoms with Crippen LogP contribution in [0.4, 0.5) is 11.6 Å². The van der Waals surface area contributed by atoms with E-state index in [-0.39, 0.29) is 32.1 Å². The molecule has 2 aromatic carbocycles. The maximum absolute atomic E-state index is 13.3. The fourth-order valence-electron chi connectivity index (χ4n) is 3.62. The van der Waals surface area contributed by atoms with Crippen molar-refractivity contribution in [2.24, 2.45) is 0 Å². The number of benzene rings is 2. The van der Waals surface area contributed by atoms with Gasteiger partial charge in [-0.2, -0.15) is 4.98 Å². The van der Waals surface area contributed by atoms with Crippen LogP contribution in [-0.2, 0) is 29.0 Å². The van der Waals surface area contributed by atoms with Crippen molar-refractivity contribution >= 4 is 29.2 Å². The number of halogens is 1. The highest BCUT2D eigenvalue weighted by atomic mass is 35.5. The lowest BCUT2D eigenvalue weighted by Crippen LogP contribution is -2.43. The van der Waals surface area contributed by atoms with Gasteiger partial charge in [-0.15, -0.1) is 0 Å². The van der Waals surface area contributed by atoms with Crippen LogP contribution in [0.3, 0.4) is 0 Å². The average molecular weight is 485 g/mol. The molecule has 0 atom stereocenters. The minimum absolute atomic E-state index is 0.101. The van der Waals surface area contributed by atoms with Crippen molar-refractivity contribution < 1.29 is 9.53 Å². The van der Waals surface area contributed by atoms with Crippen molar-refractivity contribution in [2.45, 2.75) is 53.1 Å². The van der Waals surface area contributed by atoms with E-state index in [9.17, 15) is 14.4 Å². The van der Waals surface area contributed by atoms with E-state index in [4.69, 9.17) is 16.3 Å². The zero-order valence-corrected chi connectivity index (χ0v) is 20.4. The van der Waals surface area contributed by atoms with E-state index in [0.29, 0.717) is 5.02 Å². The van der Waals surface area contributed by atoms with Gasteiger partial charge in [0.2, 0.25) is 5.95 Å². The van der Waals surface area contributed by atoms with Gasteiger partial charge in [0.1, 0.15) is 0 Å². The number of hydrogen-bond donors (Lipinski definition) is 1. The lowest BCUT2D eigenvalue weighted by Gasteiger charge is -2.16. The van der Waals surface area contributed by atoms with Crippen LogP contribution < -0.4 is 16.7 Å². The molecule has 3 aromatic rings. The molecule has 0 amide bonds. The second-order valence-electron chi connectivity index (χ2n) is 7.94. The minimum Gasteiger partial charge on any atom is -0.466 e. The van der Waals surface area contributed by atoms with Crippen molar-refractivity contribution in [2.75, 3.05) is 11.9 Å². The fraction of sp³-hybridized carbons (Fsp3) is 0.360. The largest absolute Gasteiger partial charge is 0.466 e. The third-order valence-corrected chi connectivity index (χ3v) is 5.62. The molecule has 0 fully saturated rings. The number of ether oxygens (including phenoxy) is 1. The Morgan fingerprint density at radius 1 is 1.09 bits per heavy atom. The first-order valence-electron chi connectivity index (χ1n) is 11.3. The highest BCUT2D eigenvalue weighted by Gasteiger charge is 2.16. The van der Waals surface area contributed by atoms with E-state index in [1.54, 1.807) is 31.2 Å². The molecule has 3 rings (SSSR count). The first-order valence-corrected chi connectivity index (χ1v) is 11.7. The topological polar surface area (TPSA) is 95.2 Å². The van der Waals surface area contributed by atoms with Crippen molar-refractivity contribution in [1.82, 2.24) is 14.1 Å². The SMILES string of the molecule is CCCc1ccc(Nc2nc(=O)n(CCC(=O)OCC)c(=O)n2Cc2ccc(Cl)cc2)cc1C. The Bertz CT molecular complexity index is 1270. The molecule has 180 valence electrons. The quantitative estimate of drug-likeness (QED) is 0.436. The molecule has 1 aromatic heterocycles. The van der Waals surface area contributed by atoms with Gasteiger partial charge in [-0.3, -0.25) is 9.36 Å². The summed E-state index contributed by atoms with van der Waals surface area (Å²) in [4.78, 5) is 41.9. The third kappa shape index (κ3) is 6.35. The number of carbonyl (C=O) groups excluding carboxylic acids is 1. The first kappa shape index (κ1) is 25.2. The van der Waals surface area contributed by atoms with Gasteiger partial charge >= 0.3 is 17.3 Å². The summed E-state index contributed by atoms with van der Waals surface area (Å²) in [7, 11) is 0. The summed E-state index contributed by atoms with van der Waals surface area (Å²) in [6.07, 6.45) is 1.92. The summed E-state index contributed by atoms with van der Waals surface area (Å²) in [5, 5.41) is 3.71. The summed E-state index contributed by atoms with van der Waals surface area (Å²) >= 11 is 5.99. The molecule has 0 saturated carbocycles. The maximum Gasteiger partial charge on any atom is 0.354 e. The Kier molecular flexibility index (Phi) is 8.65. The lowest BCUT2D eigenvalue weighted by atomic mass is 10.0. The molecule has 0 aliphatic carbocycles. The minimum atomic E-state index is -0.733. The number of carbonyl (C=O) groups is 1. The number of esters is 1. The molecule has 34 heavy (non-hydrogen) atoms. The molecule has 0 aliphatic rings. The molecule has 0 bridgehead atoms. The summed E-state index contributed by atoms with van der Waals surface area (Å²) in [6, 6.07) is 13.0. The molecule has 0 radical (unpaired) electrons. The number of aryl methyl sites for hydroxylation is 2. The molecular formula is C25H29ClN4O4. The molecule has 0 saturated heterocycles. The Balaban J connectivity index is 2.00. The van der Waals surface area contributed by atoms with Crippen molar-refractivity contribution in [3.8, 4) is 0 Å². The highest BCUT2D eigenvalue weighted by molar-refractivity contribution is 6.30. The van der Waals surface area contributed by atoms with Gasteiger partial charge < -0.3 is 10.1 Å². The second-order valence-corrected chi connectivity index (χ2v) is 8.37. The van der Waals surface area contributed by atoms with E-state index < -0.39 is 17.3 Å². The molecule has 0 unspecified atom stereocenters. The van der Waals surface area contributed by atoms with Gasteiger partial charge in [-0.05, 0) is 61.2 Å². The van der Waals surface area contributed by atoms with E-state index >= 15 is 0 Å². The molecule has 9 heteroatoms. The van der Waals surface area contributed by atoms with Gasteiger partial charge in [0.15, 0.2) is 0 Å². The number of nitrogens with zero attached hydrogens (tertiary/aromatic N) is 3. The summed E-state index contributed by atoms with van der Waals surface area (Å²) < 4.78 is 7.24. The summed E-state index contributed by atoms with van der Waals surface area (Å²) in [5.41, 5.74) is 2.58. The molecule has 8 nitrogen and oxygen atoms in total. The number of rotatable bonds is 10. The van der Waals surface area contributed by atoms with Crippen LogP contribution in [0, 0.1) is 6.92 Å². The smallest absolute Gasteiger partial charge is 0.354 e. The average Bonchev–Trinajstić information content (AvgIpc) is 2.79. The predicted octanol–water partition coefficient (Wildman–Crippen LogP) is 4.06. The summed E-state index contributed by atoms with van der Waals surface area (Å²) in [6.45, 7) is 6.13. The van der Waals surface area contributed by atoms with Gasteiger partial charge in [0, 0.05) is 17.3 Å². The number of aromatic nitrogens is 3. The molecule has 0 spiro atoms. The van der Waals surface area contributed by atoms with Crippen LogP contribution in [0.2, 0.25) is 5.02 Å². The first-order chi connectivity index (χ1) is 16.3. The monoisotopic (exact) mass is 484 g/mol. The van der Waals surface area contributed by atoms with E-state index in [0.717, 1.165) is 34.2 Å². The zero-order chi connectivity index (χ0) is 24.7. The number of nitrogens with one attached hydrogen (secondary N) is 1.